The average molecular weight is 459 g/mol. The molecule has 0 unspecified atom stereocenters. The molecule has 1 fully saturated rings. The molecular formula is C21H19BrN2O5. The number of unbranched alkanes of at least 4 members (excludes halogenated alkanes) is 1. The first-order valence-electron chi connectivity index (χ1n) is 9.03. The van der Waals surface area contributed by atoms with E-state index < -0.39 is 17.8 Å². The fourth-order valence-corrected chi connectivity index (χ4v) is 3.09. The maximum Gasteiger partial charge on any atom is 0.335 e. The Bertz CT molecular complexity index is 985. The van der Waals surface area contributed by atoms with Crippen molar-refractivity contribution < 1.29 is 24.2 Å². The third-order valence-corrected chi connectivity index (χ3v) is 4.75. The molecule has 1 heterocycles. The normalized spacial score (nSPS) is 15.6. The molecule has 4 amide bonds. The van der Waals surface area contributed by atoms with Gasteiger partial charge in [0.15, 0.2) is 0 Å². The third-order valence-electron chi connectivity index (χ3n) is 4.25. The lowest BCUT2D eigenvalue weighted by Crippen LogP contribution is -2.54. The number of ether oxygens (including phenoxy) is 1. The minimum atomic E-state index is -0.838. The number of phenols is 1. The molecule has 2 aromatic carbocycles. The van der Waals surface area contributed by atoms with Crippen molar-refractivity contribution in [3.63, 3.8) is 0 Å². The highest BCUT2D eigenvalue weighted by atomic mass is 79.9. The SMILES string of the molecule is CCCCOc1ccc(N2C(=O)NC(=O)/C(=C/c3cc(Br)ccc3O)C2=O)cc1. The van der Waals surface area contributed by atoms with Gasteiger partial charge in [0.1, 0.15) is 17.1 Å². The van der Waals surface area contributed by atoms with Crippen LogP contribution in [0.4, 0.5) is 10.5 Å². The lowest BCUT2D eigenvalue weighted by Gasteiger charge is -2.26. The number of imide groups is 2. The molecule has 3 rings (SSSR count). The van der Waals surface area contributed by atoms with Gasteiger partial charge in [-0.25, -0.2) is 9.69 Å². The summed E-state index contributed by atoms with van der Waals surface area (Å²) in [5.41, 5.74) is 0.306. The summed E-state index contributed by atoms with van der Waals surface area (Å²) in [6, 6.07) is 10.2. The zero-order valence-corrected chi connectivity index (χ0v) is 17.2. The highest BCUT2D eigenvalue weighted by Crippen LogP contribution is 2.28. The topological polar surface area (TPSA) is 95.9 Å². The van der Waals surface area contributed by atoms with Crippen molar-refractivity contribution in [1.82, 2.24) is 5.32 Å². The lowest BCUT2D eigenvalue weighted by atomic mass is 10.1. The van der Waals surface area contributed by atoms with E-state index in [0.29, 0.717) is 22.5 Å². The van der Waals surface area contributed by atoms with Crippen LogP contribution in [0.3, 0.4) is 0 Å². The van der Waals surface area contributed by atoms with E-state index in [-0.39, 0.29) is 16.9 Å². The van der Waals surface area contributed by atoms with Crippen molar-refractivity contribution in [2.75, 3.05) is 11.5 Å². The maximum atomic E-state index is 12.9. The number of halogens is 1. The Morgan fingerprint density at radius 3 is 2.55 bits per heavy atom. The largest absolute Gasteiger partial charge is 0.507 e. The van der Waals surface area contributed by atoms with Gasteiger partial charge in [-0.2, -0.15) is 0 Å². The molecule has 1 aliphatic heterocycles. The molecule has 0 spiro atoms. The summed E-state index contributed by atoms with van der Waals surface area (Å²) in [5.74, 6) is -1.08. The molecule has 150 valence electrons. The molecular weight excluding hydrogens is 440 g/mol. The number of benzene rings is 2. The number of aromatic hydroxyl groups is 1. The zero-order chi connectivity index (χ0) is 21.0. The summed E-state index contributed by atoms with van der Waals surface area (Å²) in [6.07, 6.45) is 3.18. The minimum absolute atomic E-state index is 0.0988. The minimum Gasteiger partial charge on any atom is -0.507 e. The summed E-state index contributed by atoms with van der Waals surface area (Å²) in [5, 5.41) is 12.1. The quantitative estimate of drug-likeness (QED) is 0.387. The van der Waals surface area contributed by atoms with Crippen LogP contribution in [-0.2, 0) is 9.59 Å². The standard InChI is InChI=1S/C21H19BrN2O5/c1-2-3-10-29-16-7-5-15(6-8-16)24-20(27)17(19(26)23-21(24)28)12-13-11-14(22)4-9-18(13)25/h4-9,11-12,25H,2-3,10H2,1H3,(H,23,26,28)/b17-12-. The van der Waals surface area contributed by atoms with Crippen molar-refractivity contribution in [1.29, 1.82) is 0 Å². The Labute approximate surface area is 176 Å². The van der Waals surface area contributed by atoms with Crippen LogP contribution in [0.5, 0.6) is 11.5 Å². The van der Waals surface area contributed by atoms with Crippen molar-refractivity contribution >= 4 is 45.5 Å². The van der Waals surface area contributed by atoms with Crippen LogP contribution in [0.1, 0.15) is 25.3 Å². The molecule has 1 saturated heterocycles. The second-order valence-corrected chi connectivity index (χ2v) is 7.27. The Balaban J connectivity index is 1.89. The molecule has 2 aromatic rings. The molecule has 0 saturated carbocycles. The fourth-order valence-electron chi connectivity index (χ4n) is 2.71. The van der Waals surface area contributed by atoms with E-state index in [0.717, 1.165) is 17.7 Å². The zero-order valence-electron chi connectivity index (χ0n) is 15.6. The average Bonchev–Trinajstić information content (AvgIpc) is 2.69. The van der Waals surface area contributed by atoms with Gasteiger partial charge in [0.2, 0.25) is 0 Å². The van der Waals surface area contributed by atoms with Crippen LogP contribution in [-0.4, -0.2) is 29.6 Å². The first-order chi connectivity index (χ1) is 13.9. The van der Waals surface area contributed by atoms with Gasteiger partial charge >= 0.3 is 6.03 Å². The Hall–Kier alpha value is -3.13. The predicted molar refractivity (Wildman–Crippen MR) is 112 cm³/mol. The van der Waals surface area contributed by atoms with Crippen molar-refractivity contribution in [3.05, 3.63) is 58.1 Å². The lowest BCUT2D eigenvalue weighted by molar-refractivity contribution is -0.122. The van der Waals surface area contributed by atoms with Gasteiger partial charge in [-0.05, 0) is 55.0 Å². The number of carbonyl (C=O) groups is 3. The van der Waals surface area contributed by atoms with Gasteiger partial charge in [0.05, 0.1) is 12.3 Å². The number of urea groups is 1. The van der Waals surface area contributed by atoms with Crippen LogP contribution in [0.15, 0.2) is 52.5 Å². The molecule has 0 aliphatic carbocycles. The molecule has 8 heteroatoms. The van der Waals surface area contributed by atoms with Crippen LogP contribution >= 0.6 is 15.9 Å². The van der Waals surface area contributed by atoms with E-state index in [1.807, 2.05) is 0 Å². The van der Waals surface area contributed by atoms with Crippen molar-refractivity contribution in [3.8, 4) is 11.5 Å². The first-order valence-corrected chi connectivity index (χ1v) is 9.83. The molecule has 0 aromatic heterocycles. The van der Waals surface area contributed by atoms with E-state index in [1.54, 1.807) is 36.4 Å². The van der Waals surface area contributed by atoms with Gasteiger partial charge in [0.25, 0.3) is 11.8 Å². The maximum absolute atomic E-state index is 12.9. The number of phenolic OH excluding ortho intramolecular Hbond substituents is 1. The number of barbiturate groups is 1. The van der Waals surface area contributed by atoms with Gasteiger partial charge in [-0.15, -0.1) is 0 Å². The number of rotatable bonds is 6. The summed E-state index contributed by atoms with van der Waals surface area (Å²) in [6.45, 7) is 2.64. The van der Waals surface area contributed by atoms with E-state index in [1.165, 1.54) is 12.1 Å². The molecule has 1 aliphatic rings. The van der Waals surface area contributed by atoms with Crippen LogP contribution in [0.25, 0.3) is 6.08 Å². The molecule has 0 bridgehead atoms. The smallest absolute Gasteiger partial charge is 0.335 e. The number of nitrogens with one attached hydrogen (secondary N) is 1. The number of carbonyl (C=O) groups excluding carboxylic acids is 3. The number of amides is 4. The van der Waals surface area contributed by atoms with E-state index in [9.17, 15) is 19.5 Å². The molecule has 2 N–H and O–H groups in total. The van der Waals surface area contributed by atoms with E-state index in [2.05, 4.69) is 28.2 Å². The summed E-state index contributed by atoms with van der Waals surface area (Å²) in [4.78, 5) is 38.3. The van der Waals surface area contributed by atoms with Crippen LogP contribution < -0.4 is 15.0 Å². The number of anilines is 1. The number of hydrogen-bond donors (Lipinski definition) is 2. The highest BCUT2D eigenvalue weighted by molar-refractivity contribution is 9.10. The summed E-state index contributed by atoms with van der Waals surface area (Å²) >= 11 is 3.28. The Morgan fingerprint density at radius 2 is 1.86 bits per heavy atom. The molecule has 29 heavy (non-hydrogen) atoms. The van der Waals surface area contributed by atoms with Crippen molar-refractivity contribution in [2.45, 2.75) is 19.8 Å². The van der Waals surface area contributed by atoms with Gasteiger partial charge < -0.3 is 9.84 Å². The van der Waals surface area contributed by atoms with Crippen LogP contribution in [0, 0.1) is 0 Å². The Kier molecular flexibility index (Phi) is 6.33. The Morgan fingerprint density at radius 1 is 1.14 bits per heavy atom. The molecule has 0 radical (unpaired) electrons. The second-order valence-electron chi connectivity index (χ2n) is 6.36. The van der Waals surface area contributed by atoms with Gasteiger partial charge in [-0.1, -0.05) is 29.3 Å². The van der Waals surface area contributed by atoms with Crippen LogP contribution in [0.2, 0.25) is 0 Å². The highest BCUT2D eigenvalue weighted by Gasteiger charge is 2.37. The summed E-state index contributed by atoms with van der Waals surface area (Å²) in [7, 11) is 0. The van der Waals surface area contributed by atoms with E-state index >= 15 is 0 Å². The predicted octanol–water partition coefficient (Wildman–Crippen LogP) is 4.00. The fraction of sp³-hybridized carbons (Fsp3) is 0.190. The van der Waals surface area contributed by atoms with Crippen molar-refractivity contribution in [2.24, 2.45) is 0 Å². The third kappa shape index (κ3) is 4.65. The first kappa shape index (κ1) is 20.6. The van der Waals surface area contributed by atoms with Gasteiger partial charge in [-0.3, -0.25) is 14.9 Å². The number of nitrogens with zero attached hydrogens (tertiary/aromatic N) is 1. The molecule has 0 atom stereocenters. The monoisotopic (exact) mass is 458 g/mol. The molecule has 7 nitrogen and oxygen atoms in total. The second kappa shape index (κ2) is 8.91. The summed E-state index contributed by atoms with van der Waals surface area (Å²) < 4.78 is 6.25. The number of hydrogen-bond acceptors (Lipinski definition) is 5. The van der Waals surface area contributed by atoms with E-state index in [4.69, 9.17) is 4.74 Å². The van der Waals surface area contributed by atoms with Gasteiger partial charge in [0, 0.05) is 10.0 Å².